The highest BCUT2D eigenvalue weighted by Gasteiger charge is 2.29. The second kappa shape index (κ2) is 7.88. The largest absolute Gasteiger partial charge is 0.476 e. The summed E-state index contributed by atoms with van der Waals surface area (Å²) in [5.74, 6) is 0.625. The van der Waals surface area contributed by atoms with E-state index in [1.165, 1.54) is 7.11 Å². The van der Waals surface area contributed by atoms with E-state index in [9.17, 15) is 10.1 Å². The van der Waals surface area contributed by atoms with Crippen molar-refractivity contribution in [2.75, 3.05) is 25.6 Å². The van der Waals surface area contributed by atoms with Crippen LogP contribution >= 0.6 is 0 Å². The highest BCUT2D eigenvalue weighted by Crippen LogP contribution is 2.35. The number of methoxy groups -OCH3 is 1. The average Bonchev–Trinajstić information content (AvgIpc) is 3.04. The van der Waals surface area contributed by atoms with Gasteiger partial charge in [0.2, 0.25) is 5.82 Å². The molecule has 1 atom stereocenters. The normalized spacial score (nSPS) is 17.5. The molecule has 0 spiro atoms. The van der Waals surface area contributed by atoms with Gasteiger partial charge in [-0.3, -0.25) is 10.1 Å². The molecule has 1 saturated heterocycles. The molecule has 1 aromatic rings. The van der Waals surface area contributed by atoms with Gasteiger partial charge in [0.25, 0.3) is 5.88 Å². The fourth-order valence-corrected chi connectivity index (χ4v) is 2.39. The minimum absolute atomic E-state index is 0.0245. The van der Waals surface area contributed by atoms with Crippen LogP contribution in [0.5, 0.6) is 5.88 Å². The maximum absolute atomic E-state index is 11.3. The van der Waals surface area contributed by atoms with E-state index < -0.39 is 4.92 Å². The monoisotopic (exact) mass is 310 g/mol. The SMILES string of the molecule is CCCCCNc1nc(C2CCCO2)nc(OC)c1[N+](=O)[O-]. The average molecular weight is 310 g/mol. The van der Waals surface area contributed by atoms with Gasteiger partial charge in [0.1, 0.15) is 6.10 Å². The molecule has 0 radical (unpaired) electrons. The molecule has 0 amide bonds. The van der Waals surface area contributed by atoms with Crippen molar-refractivity contribution >= 4 is 11.5 Å². The second-order valence-electron chi connectivity index (χ2n) is 5.18. The summed E-state index contributed by atoms with van der Waals surface area (Å²) in [6.45, 7) is 3.39. The molecule has 8 nitrogen and oxygen atoms in total. The van der Waals surface area contributed by atoms with Crippen molar-refractivity contribution in [2.45, 2.75) is 45.1 Å². The van der Waals surface area contributed by atoms with Crippen molar-refractivity contribution in [1.82, 2.24) is 9.97 Å². The van der Waals surface area contributed by atoms with E-state index in [0.717, 1.165) is 32.1 Å². The highest BCUT2D eigenvalue weighted by atomic mass is 16.6. The van der Waals surface area contributed by atoms with E-state index in [1.54, 1.807) is 0 Å². The van der Waals surface area contributed by atoms with Gasteiger partial charge in [-0.1, -0.05) is 19.8 Å². The number of nitro groups is 1. The molecule has 8 heteroatoms. The van der Waals surface area contributed by atoms with E-state index >= 15 is 0 Å². The van der Waals surface area contributed by atoms with Gasteiger partial charge in [-0.2, -0.15) is 4.98 Å². The van der Waals surface area contributed by atoms with Crippen LogP contribution in [-0.2, 0) is 4.74 Å². The van der Waals surface area contributed by atoms with Crippen molar-refractivity contribution in [1.29, 1.82) is 0 Å². The first kappa shape index (κ1) is 16.4. The van der Waals surface area contributed by atoms with E-state index in [-0.39, 0.29) is 23.5 Å². The Morgan fingerprint density at radius 2 is 2.27 bits per heavy atom. The third-order valence-corrected chi connectivity index (χ3v) is 3.54. The number of hydrogen-bond donors (Lipinski definition) is 1. The van der Waals surface area contributed by atoms with Gasteiger partial charge in [0.05, 0.1) is 12.0 Å². The minimum atomic E-state index is -0.514. The molecular formula is C14H22N4O4. The number of aromatic nitrogens is 2. The molecule has 0 saturated carbocycles. The molecule has 0 aliphatic carbocycles. The molecule has 1 aliphatic rings. The first-order valence-electron chi connectivity index (χ1n) is 7.63. The zero-order valence-corrected chi connectivity index (χ0v) is 13.0. The number of unbranched alkanes of at least 4 members (excludes halogenated alkanes) is 2. The summed E-state index contributed by atoms with van der Waals surface area (Å²) in [6, 6.07) is 0. The van der Waals surface area contributed by atoms with Crippen LogP contribution in [0, 0.1) is 10.1 Å². The predicted octanol–water partition coefficient (Wildman–Crippen LogP) is 2.85. The van der Waals surface area contributed by atoms with Crippen molar-refractivity contribution in [2.24, 2.45) is 0 Å². The summed E-state index contributed by atoms with van der Waals surface area (Å²) >= 11 is 0. The van der Waals surface area contributed by atoms with Crippen molar-refractivity contribution in [3.8, 4) is 5.88 Å². The van der Waals surface area contributed by atoms with Gasteiger partial charge in [-0.15, -0.1) is 0 Å². The lowest BCUT2D eigenvalue weighted by Gasteiger charge is -2.13. The lowest BCUT2D eigenvalue weighted by atomic mass is 10.2. The van der Waals surface area contributed by atoms with Crippen LogP contribution in [0.4, 0.5) is 11.5 Å². The molecule has 1 unspecified atom stereocenters. The summed E-state index contributed by atoms with van der Waals surface area (Å²) < 4.78 is 10.6. The van der Waals surface area contributed by atoms with Crippen LogP contribution in [0.25, 0.3) is 0 Å². The van der Waals surface area contributed by atoms with E-state index in [4.69, 9.17) is 9.47 Å². The smallest absolute Gasteiger partial charge is 0.372 e. The van der Waals surface area contributed by atoms with Crippen LogP contribution in [0.3, 0.4) is 0 Å². The molecular weight excluding hydrogens is 288 g/mol. The Bertz CT molecular complexity index is 518. The van der Waals surface area contributed by atoms with Crippen LogP contribution < -0.4 is 10.1 Å². The molecule has 122 valence electrons. The fraction of sp³-hybridized carbons (Fsp3) is 0.714. The molecule has 1 fully saturated rings. The Balaban J connectivity index is 2.28. The number of anilines is 1. The predicted molar refractivity (Wildman–Crippen MR) is 81.2 cm³/mol. The van der Waals surface area contributed by atoms with Crippen LogP contribution in [0.2, 0.25) is 0 Å². The topological polar surface area (TPSA) is 99.4 Å². The Kier molecular flexibility index (Phi) is 5.88. The van der Waals surface area contributed by atoms with Gasteiger partial charge >= 0.3 is 5.69 Å². The Morgan fingerprint density at radius 3 is 2.86 bits per heavy atom. The molecule has 1 aromatic heterocycles. The quantitative estimate of drug-likeness (QED) is 0.447. The highest BCUT2D eigenvalue weighted by molar-refractivity contribution is 5.61. The standard InChI is InChI=1S/C14H22N4O4/c1-3-4-5-8-15-13-11(18(19)20)14(21-2)17-12(16-13)10-7-6-9-22-10/h10H,3-9H2,1-2H3,(H,15,16,17). The zero-order chi connectivity index (χ0) is 15.9. The number of ether oxygens (including phenoxy) is 2. The second-order valence-corrected chi connectivity index (χ2v) is 5.18. The maximum atomic E-state index is 11.3. The van der Waals surface area contributed by atoms with Crippen LogP contribution in [0.1, 0.15) is 51.0 Å². The molecule has 0 aromatic carbocycles. The Labute approximate surface area is 129 Å². The molecule has 1 aliphatic heterocycles. The number of hydrogen-bond acceptors (Lipinski definition) is 7. The molecule has 2 rings (SSSR count). The van der Waals surface area contributed by atoms with E-state index in [2.05, 4.69) is 22.2 Å². The summed E-state index contributed by atoms with van der Waals surface area (Å²) in [7, 11) is 1.37. The number of nitrogens with zero attached hydrogens (tertiary/aromatic N) is 3. The van der Waals surface area contributed by atoms with Gasteiger partial charge in [0.15, 0.2) is 5.82 Å². The summed E-state index contributed by atoms with van der Waals surface area (Å²) in [4.78, 5) is 19.3. The fourth-order valence-electron chi connectivity index (χ4n) is 2.39. The third kappa shape index (κ3) is 3.82. The minimum Gasteiger partial charge on any atom is -0.476 e. The number of rotatable bonds is 8. The summed E-state index contributed by atoms with van der Waals surface area (Å²) in [6.07, 6.45) is 4.60. The Morgan fingerprint density at radius 1 is 1.45 bits per heavy atom. The number of nitrogens with one attached hydrogen (secondary N) is 1. The molecule has 1 N–H and O–H groups in total. The first-order valence-corrected chi connectivity index (χ1v) is 7.63. The lowest BCUT2D eigenvalue weighted by Crippen LogP contribution is -2.12. The first-order chi connectivity index (χ1) is 10.7. The third-order valence-electron chi connectivity index (χ3n) is 3.54. The summed E-state index contributed by atoms with van der Waals surface area (Å²) in [5.41, 5.74) is -0.222. The maximum Gasteiger partial charge on any atom is 0.372 e. The Hall–Kier alpha value is -1.96. The van der Waals surface area contributed by atoms with E-state index in [0.29, 0.717) is 19.0 Å². The summed E-state index contributed by atoms with van der Waals surface area (Å²) in [5, 5.41) is 14.3. The van der Waals surface area contributed by atoms with Crippen molar-refractivity contribution < 1.29 is 14.4 Å². The van der Waals surface area contributed by atoms with Crippen molar-refractivity contribution in [3.63, 3.8) is 0 Å². The lowest BCUT2D eigenvalue weighted by molar-refractivity contribution is -0.385. The van der Waals surface area contributed by atoms with Crippen LogP contribution in [-0.4, -0.2) is 35.2 Å². The van der Waals surface area contributed by atoms with Gasteiger partial charge < -0.3 is 14.8 Å². The van der Waals surface area contributed by atoms with Gasteiger partial charge in [0, 0.05) is 13.2 Å². The van der Waals surface area contributed by atoms with Gasteiger partial charge in [-0.05, 0) is 19.3 Å². The van der Waals surface area contributed by atoms with Crippen molar-refractivity contribution in [3.05, 3.63) is 15.9 Å². The molecule has 22 heavy (non-hydrogen) atoms. The zero-order valence-electron chi connectivity index (χ0n) is 13.0. The van der Waals surface area contributed by atoms with E-state index in [1.807, 2.05) is 0 Å². The van der Waals surface area contributed by atoms with Gasteiger partial charge in [-0.25, -0.2) is 4.98 Å². The molecule has 0 bridgehead atoms. The molecule has 2 heterocycles. The van der Waals surface area contributed by atoms with Crippen LogP contribution in [0.15, 0.2) is 0 Å².